The minimum atomic E-state index is 0.248. The quantitative estimate of drug-likeness (QED) is 0.775. The van der Waals surface area contributed by atoms with Gasteiger partial charge < -0.3 is 9.88 Å². The molecule has 1 saturated heterocycles. The fraction of sp³-hybridized carbons (Fsp3) is 0.500. The lowest BCUT2D eigenvalue weighted by Gasteiger charge is -2.29. The van der Waals surface area contributed by atoms with E-state index in [0.717, 1.165) is 67.8 Å². The Morgan fingerprint density at radius 2 is 2.07 bits per heavy atom. The fourth-order valence-corrected chi connectivity index (χ4v) is 4.93. The molecule has 3 aliphatic rings. The number of allylic oxidation sites excluding steroid dienone is 2. The van der Waals surface area contributed by atoms with Crippen LogP contribution in [-0.2, 0) is 24.1 Å². The van der Waals surface area contributed by atoms with Gasteiger partial charge in [-0.05, 0) is 67.7 Å². The molecule has 1 aliphatic heterocycles. The number of hydrogen-bond donors (Lipinski definition) is 2. The minimum absolute atomic E-state index is 0.248. The number of nitrogens with one attached hydrogen (secondary N) is 2. The van der Waals surface area contributed by atoms with E-state index in [1.165, 1.54) is 23.2 Å². The second-order valence-corrected chi connectivity index (χ2v) is 9.52. The molecule has 0 radical (unpaired) electrons. The van der Waals surface area contributed by atoms with Crippen LogP contribution in [0.1, 0.15) is 68.5 Å². The molecule has 5 nitrogen and oxygen atoms in total. The van der Waals surface area contributed by atoms with Gasteiger partial charge in [0.05, 0.1) is 5.69 Å². The van der Waals surface area contributed by atoms with E-state index in [0.29, 0.717) is 11.8 Å². The summed E-state index contributed by atoms with van der Waals surface area (Å²) in [6.07, 6.45) is 14.5. The lowest BCUT2D eigenvalue weighted by atomic mass is 9.76. The van der Waals surface area contributed by atoms with Gasteiger partial charge in [0, 0.05) is 35.6 Å². The summed E-state index contributed by atoms with van der Waals surface area (Å²) in [5, 5.41) is 7.97. The summed E-state index contributed by atoms with van der Waals surface area (Å²) in [5.74, 6) is 0.248. The summed E-state index contributed by atoms with van der Waals surface area (Å²) in [5.41, 5.74) is 8.51. The highest BCUT2D eigenvalue weighted by Gasteiger charge is 2.30. The molecule has 2 aromatic heterocycles. The zero-order valence-corrected chi connectivity index (χ0v) is 17.5. The monoisotopic (exact) mass is 390 g/mol. The molecule has 0 spiro atoms. The summed E-state index contributed by atoms with van der Waals surface area (Å²) >= 11 is 0. The molecule has 3 heterocycles. The smallest absolute Gasteiger partial charge is 0.226 e. The van der Waals surface area contributed by atoms with Crippen molar-refractivity contribution in [1.29, 1.82) is 0 Å². The van der Waals surface area contributed by atoms with Crippen LogP contribution in [0.4, 0.5) is 0 Å². The average molecular weight is 391 g/mol. The standard InChI is InChI=1S/C24H30N4O/c1-24(2)11-10-18-21(15-24)26-27-23(18)20-13-16-7-6-8-17(14-19(16)25-20)28-12-5-3-4-9-22(28)29/h6,8,13-14,25H,3-5,7,9-12,15H2,1-2H3,(H,26,27). The van der Waals surface area contributed by atoms with Gasteiger partial charge >= 0.3 is 0 Å². The molecule has 2 N–H and O–H groups in total. The summed E-state index contributed by atoms with van der Waals surface area (Å²) in [6.45, 7) is 5.48. The average Bonchev–Trinajstić information content (AvgIpc) is 3.12. The number of likely N-dealkylation sites (tertiary alicyclic amines) is 1. The second-order valence-electron chi connectivity index (χ2n) is 9.52. The Bertz CT molecular complexity index is 1000. The Hall–Kier alpha value is -2.56. The van der Waals surface area contributed by atoms with Crippen LogP contribution in [0.5, 0.6) is 0 Å². The normalized spacial score (nSPS) is 21.2. The zero-order chi connectivity index (χ0) is 20.0. The molecule has 1 amide bonds. The van der Waals surface area contributed by atoms with E-state index < -0.39 is 0 Å². The maximum absolute atomic E-state index is 12.6. The van der Waals surface area contributed by atoms with E-state index >= 15 is 0 Å². The van der Waals surface area contributed by atoms with E-state index in [1.807, 2.05) is 4.90 Å². The summed E-state index contributed by atoms with van der Waals surface area (Å²) < 4.78 is 0. The molecule has 29 heavy (non-hydrogen) atoms. The third-order valence-corrected chi connectivity index (χ3v) is 6.65. The van der Waals surface area contributed by atoms with Crippen LogP contribution < -0.4 is 0 Å². The maximum atomic E-state index is 12.6. The number of aromatic amines is 2. The van der Waals surface area contributed by atoms with Crippen LogP contribution in [0.2, 0.25) is 0 Å². The molecule has 152 valence electrons. The third kappa shape index (κ3) is 3.47. The van der Waals surface area contributed by atoms with Crippen LogP contribution >= 0.6 is 0 Å². The molecule has 0 bridgehead atoms. The molecular weight excluding hydrogens is 360 g/mol. The molecule has 5 rings (SSSR count). The van der Waals surface area contributed by atoms with Crippen molar-refractivity contribution in [2.45, 2.75) is 65.2 Å². The Morgan fingerprint density at radius 3 is 2.97 bits per heavy atom. The van der Waals surface area contributed by atoms with E-state index in [2.05, 4.69) is 53.3 Å². The first-order valence-electron chi connectivity index (χ1n) is 11.0. The van der Waals surface area contributed by atoms with Gasteiger partial charge in [-0.15, -0.1) is 0 Å². The van der Waals surface area contributed by atoms with Crippen LogP contribution in [0.3, 0.4) is 0 Å². The first-order valence-corrected chi connectivity index (χ1v) is 11.0. The van der Waals surface area contributed by atoms with Gasteiger partial charge in [0.1, 0.15) is 5.69 Å². The largest absolute Gasteiger partial charge is 0.353 e. The summed E-state index contributed by atoms with van der Waals surface area (Å²) in [7, 11) is 0. The predicted molar refractivity (Wildman–Crippen MR) is 115 cm³/mol. The van der Waals surface area contributed by atoms with E-state index in [-0.39, 0.29) is 5.91 Å². The number of carbonyl (C=O) groups excluding carboxylic acids is 1. The molecule has 0 unspecified atom stereocenters. The molecule has 2 aliphatic carbocycles. The highest BCUT2D eigenvalue weighted by atomic mass is 16.2. The van der Waals surface area contributed by atoms with E-state index in [1.54, 1.807) is 0 Å². The number of carbonyl (C=O) groups is 1. The molecule has 5 heteroatoms. The number of H-pyrrole nitrogens is 2. The molecular formula is C24H30N4O. The Morgan fingerprint density at radius 1 is 1.17 bits per heavy atom. The van der Waals surface area contributed by atoms with Crippen molar-refractivity contribution in [3.63, 3.8) is 0 Å². The Balaban J connectivity index is 1.48. The van der Waals surface area contributed by atoms with Gasteiger partial charge in [-0.2, -0.15) is 5.10 Å². The lowest BCUT2D eigenvalue weighted by molar-refractivity contribution is -0.128. The van der Waals surface area contributed by atoms with Gasteiger partial charge in [0.25, 0.3) is 0 Å². The van der Waals surface area contributed by atoms with Gasteiger partial charge in [-0.3, -0.25) is 9.89 Å². The fourth-order valence-electron chi connectivity index (χ4n) is 4.93. The van der Waals surface area contributed by atoms with Gasteiger partial charge in [0.15, 0.2) is 0 Å². The van der Waals surface area contributed by atoms with E-state index in [4.69, 9.17) is 0 Å². The summed E-state index contributed by atoms with van der Waals surface area (Å²) in [4.78, 5) is 18.1. The zero-order valence-electron chi connectivity index (χ0n) is 17.5. The maximum Gasteiger partial charge on any atom is 0.226 e. The number of hydrogen-bond acceptors (Lipinski definition) is 2. The molecule has 0 atom stereocenters. The number of rotatable bonds is 2. The first kappa shape index (κ1) is 18.5. The number of aromatic nitrogens is 3. The number of nitrogens with zero attached hydrogens (tertiary/aromatic N) is 2. The predicted octanol–water partition coefficient (Wildman–Crippen LogP) is 4.78. The first-order chi connectivity index (χ1) is 14.0. The molecule has 0 saturated carbocycles. The van der Waals surface area contributed by atoms with Crippen molar-refractivity contribution < 1.29 is 4.79 Å². The molecule has 2 aromatic rings. The Labute approximate surface area is 172 Å². The van der Waals surface area contributed by atoms with Crippen molar-refractivity contribution in [1.82, 2.24) is 20.1 Å². The van der Waals surface area contributed by atoms with Gasteiger partial charge in [-0.1, -0.05) is 26.3 Å². The van der Waals surface area contributed by atoms with Crippen LogP contribution in [0.25, 0.3) is 17.5 Å². The molecule has 1 fully saturated rings. The SMILES string of the molecule is CC1(C)CCc2c(-c3cc4c([nH]3)C=C(N3CCCCCC3=O)C=CC4)n[nH]c2C1. The van der Waals surface area contributed by atoms with Crippen LogP contribution in [-0.4, -0.2) is 32.5 Å². The van der Waals surface area contributed by atoms with Crippen LogP contribution in [0, 0.1) is 5.41 Å². The lowest BCUT2D eigenvalue weighted by Crippen LogP contribution is -2.28. The van der Waals surface area contributed by atoms with E-state index in [9.17, 15) is 4.79 Å². The highest BCUT2D eigenvalue weighted by Crippen LogP contribution is 2.38. The Kier molecular flexibility index (Phi) is 4.49. The van der Waals surface area contributed by atoms with Crippen molar-refractivity contribution in [3.8, 4) is 11.4 Å². The second kappa shape index (κ2) is 7.05. The minimum Gasteiger partial charge on any atom is -0.353 e. The molecule has 0 aromatic carbocycles. The van der Waals surface area contributed by atoms with Crippen molar-refractivity contribution in [2.24, 2.45) is 5.41 Å². The third-order valence-electron chi connectivity index (χ3n) is 6.65. The van der Waals surface area contributed by atoms with Crippen molar-refractivity contribution in [2.75, 3.05) is 6.54 Å². The van der Waals surface area contributed by atoms with Gasteiger partial charge in [0.2, 0.25) is 5.91 Å². The van der Waals surface area contributed by atoms with Crippen molar-refractivity contribution in [3.05, 3.63) is 46.4 Å². The number of amides is 1. The van der Waals surface area contributed by atoms with Gasteiger partial charge in [-0.25, -0.2) is 0 Å². The van der Waals surface area contributed by atoms with Crippen LogP contribution in [0.15, 0.2) is 23.9 Å². The number of fused-ring (bicyclic) bond motifs is 2. The highest BCUT2D eigenvalue weighted by molar-refractivity contribution is 5.81. The van der Waals surface area contributed by atoms with Crippen molar-refractivity contribution >= 4 is 12.0 Å². The topological polar surface area (TPSA) is 64.8 Å². The summed E-state index contributed by atoms with van der Waals surface area (Å²) in [6, 6.07) is 2.24.